The molecule has 1 aliphatic heterocycles. The third kappa shape index (κ3) is 8.31. The van der Waals surface area contributed by atoms with Crippen LogP contribution in [0.5, 0.6) is 0 Å². The van der Waals surface area contributed by atoms with Crippen LogP contribution in [0.15, 0.2) is 31.4 Å². The second kappa shape index (κ2) is 14.6. The molecule has 0 saturated carbocycles. The average Bonchev–Trinajstić information content (AvgIpc) is 2.81. The van der Waals surface area contributed by atoms with Crippen LogP contribution in [0.4, 0.5) is 24.7 Å². The summed E-state index contributed by atoms with van der Waals surface area (Å²) in [7, 11) is 0. The normalized spacial score (nSPS) is 15.4. The monoisotopic (exact) mass is 479 g/mol. The highest BCUT2D eigenvalue weighted by Crippen LogP contribution is 2.36. The Bertz CT molecular complexity index is 877. The molecule has 3 rings (SSSR count). The molecule has 1 fully saturated rings. The summed E-state index contributed by atoms with van der Waals surface area (Å²) < 4.78 is 39.0. The van der Waals surface area contributed by atoms with Crippen molar-refractivity contribution in [2.75, 3.05) is 24.1 Å². The van der Waals surface area contributed by atoms with E-state index in [1.807, 2.05) is 6.92 Å². The first-order valence-corrected chi connectivity index (χ1v) is 12.0. The largest absolute Gasteiger partial charge is 0.416 e. The number of halogens is 3. The second-order valence-electron chi connectivity index (χ2n) is 8.30. The molecule has 0 aliphatic carbocycles. The standard InChI is InChI=1S/C21H28F3N5.C3H8.C2H4/c1-3-4-7-16-13(2)20(27-15-6-5-10-26-12-15)29-28-19(16)17-9-8-14(11-18(17)25)21(22,23)24;1-3-2;1-2/h8-9,11,15,26H,3-7,10,12,25H2,1-2H3,(H,27,29);3H2,1-2H3;1-2H2. The zero-order chi connectivity index (χ0) is 25.7. The molecule has 1 atom stereocenters. The van der Waals surface area contributed by atoms with Crippen molar-refractivity contribution >= 4 is 11.5 Å². The molecular formula is C26H40F3N5. The van der Waals surface area contributed by atoms with E-state index in [9.17, 15) is 13.2 Å². The number of aromatic nitrogens is 2. The van der Waals surface area contributed by atoms with E-state index in [2.05, 4.69) is 54.8 Å². The van der Waals surface area contributed by atoms with E-state index >= 15 is 0 Å². The lowest BCUT2D eigenvalue weighted by molar-refractivity contribution is -0.137. The van der Waals surface area contributed by atoms with Crippen molar-refractivity contribution in [1.82, 2.24) is 15.5 Å². The van der Waals surface area contributed by atoms with Gasteiger partial charge in [-0.25, -0.2) is 0 Å². The van der Waals surface area contributed by atoms with E-state index in [0.29, 0.717) is 11.3 Å². The van der Waals surface area contributed by atoms with E-state index in [1.54, 1.807) is 0 Å². The zero-order valence-corrected chi connectivity index (χ0v) is 21.0. The first kappa shape index (κ1) is 29.4. The van der Waals surface area contributed by atoms with Crippen LogP contribution in [0, 0.1) is 6.92 Å². The van der Waals surface area contributed by atoms with E-state index < -0.39 is 11.7 Å². The summed E-state index contributed by atoms with van der Waals surface area (Å²) >= 11 is 0. The highest BCUT2D eigenvalue weighted by Gasteiger charge is 2.31. The van der Waals surface area contributed by atoms with Crippen molar-refractivity contribution in [2.45, 2.75) is 78.4 Å². The Kier molecular flexibility index (Phi) is 12.6. The molecule has 4 N–H and O–H groups in total. The Labute approximate surface area is 202 Å². The summed E-state index contributed by atoms with van der Waals surface area (Å²) in [5, 5.41) is 15.6. The molecule has 2 heterocycles. The Hall–Kier alpha value is -2.61. The van der Waals surface area contributed by atoms with Crippen molar-refractivity contribution in [3.05, 3.63) is 48.0 Å². The predicted molar refractivity (Wildman–Crippen MR) is 137 cm³/mol. The molecule has 0 spiro atoms. The lowest BCUT2D eigenvalue weighted by Crippen LogP contribution is -2.38. The fourth-order valence-electron chi connectivity index (χ4n) is 3.69. The molecule has 1 aromatic heterocycles. The topological polar surface area (TPSA) is 75.9 Å². The van der Waals surface area contributed by atoms with Gasteiger partial charge in [0.05, 0.1) is 11.3 Å². The number of nitrogen functional groups attached to an aromatic ring is 1. The van der Waals surface area contributed by atoms with Gasteiger partial charge in [0.2, 0.25) is 0 Å². The number of hydrogen-bond acceptors (Lipinski definition) is 5. The van der Waals surface area contributed by atoms with Gasteiger partial charge in [-0.1, -0.05) is 39.7 Å². The summed E-state index contributed by atoms with van der Waals surface area (Å²) in [6.45, 7) is 16.2. The fourth-order valence-corrected chi connectivity index (χ4v) is 3.69. The number of piperidine rings is 1. The van der Waals surface area contributed by atoms with Crippen LogP contribution >= 0.6 is 0 Å². The zero-order valence-electron chi connectivity index (χ0n) is 21.0. The summed E-state index contributed by atoms with van der Waals surface area (Å²) in [6, 6.07) is 3.70. The smallest absolute Gasteiger partial charge is 0.398 e. The highest BCUT2D eigenvalue weighted by atomic mass is 19.4. The van der Waals surface area contributed by atoms with E-state index in [0.717, 1.165) is 74.3 Å². The lowest BCUT2D eigenvalue weighted by atomic mass is 9.96. The summed E-state index contributed by atoms with van der Waals surface area (Å²) in [5.74, 6) is 0.735. The molecule has 190 valence electrons. The quantitative estimate of drug-likeness (QED) is 0.315. The average molecular weight is 480 g/mol. The third-order valence-electron chi connectivity index (χ3n) is 5.40. The van der Waals surface area contributed by atoms with Gasteiger partial charge in [0.15, 0.2) is 5.82 Å². The van der Waals surface area contributed by atoms with Crippen LogP contribution in [0.1, 0.15) is 69.6 Å². The van der Waals surface area contributed by atoms with Gasteiger partial charge in [0.1, 0.15) is 0 Å². The number of anilines is 2. The van der Waals surface area contributed by atoms with Crippen LogP contribution in [0.25, 0.3) is 11.3 Å². The molecule has 1 aliphatic rings. The van der Waals surface area contributed by atoms with Crippen LogP contribution in [0.3, 0.4) is 0 Å². The number of benzene rings is 1. The van der Waals surface area contributed by atoms with Crippen molar-refractivity contribution in [3.8, 4) is 11.3 Å². The van der Waals surface area contributed by atoms with Gasteiger partial charge < -0.3 is 16.4 Å². The number of unbranched alkanes of at least 4 members (excludes halogenated alkanes) is 1. The number of nitrogens with one attached hydrogen (secondary N) is 2. The van der Waals surface area contributed by atoms with Crippen molar-refractivity contribution in [1.29, 1.82) is 0 Å². The number of nitrogens with two attached hydrogens (primary N) is 1. The van der Waals surface area contributed by atoms with Gasteiger partial charge >= 0.3 is 6.18 Å². The minimum absolute atomic E-state index is 0.0588. The Morgan fingerprint density at radius 3 is 2.38 bits per heavy atom. The Morgan fingerprint density at radius 1 is 1.18 bits per heavy atom. The summed E-state index contributed by atoms with van der Waals surface area (Å²) in [5.41, 5.74) is 8.31. The molecule has 1 saturated heterocycles. The maximum atomic E-state index is 13.0. The minimum atomic E-state index is -4.43. The molecule has 1 unspecified atom stereocenters. The summed E-state index contributed by atoms with van der Waals surface area (Å²) in [6.07, 6.45) is 1.70. The van der Waals surface area contributed by atoms with Gasteiger partial charge in [0, 0.05) is 23.8 Å². The molecule has 0 bridgehead atoms. The van der Waals surface area contributed by atoms with Gasteiger partial charge in [-0.2, -0.15) is 13.2 Å². The number of rotatable bonds is 6. The highest BCUT2D eigenvalue weighted by molar-refractivity contribution is 5.78. The van der Waals surface area contributed by atoms with Crippen molar-refractivity contribution in [3.63, 3.8) is 0 Å². The molecule has 8 heteroatoms. The van der Waals surface area contributed by atoms with Gasteiger partial charge in [0.25, 0.3) is 0 Å². The number of hydrogen-bond donors (Lipinski definition) is 3. The van der Waals surface area contributed by atoms with E-state index in [4.69, 9.17) is 5.73 Å². The van der Waals surface area contributed by atoms with Crippen molar-refractivity contribution in [2.24, 2.45) is 0 Å². The van der Waals surface area contributed by atoms with Crippen LogP contribution in [-0.4, -0.2) is 29.3 Å². The molecular weight excluding hydrogens is 439 g/mol. The third-order valence-corrected chi connectivity index (χ3v) is 5.40. The number of alkyl halides is 3. The SMILES string of the molecule is C=C.CCC.CCCCc1c(-c2ccc(C(F)(F)F)cc2N)nnc(NC2CCCNC2)c1C. The molecule has 2 aromatic rings. The predicted octanol–water partition coefficient (Wildman–Crippen LogP) is 6.78. The molecule has 0 radical (unpaired) electrons. The Balaban J connectivity index is 0.00000107. The molecule has 0 amide bonds. The van der Waals surface area contributed by atoms with Gasteiger partial charge in [-0.05, 0) is 62.4 Å². The first-order chi connectivity index (χ1) is 16.2. The number of nitrogens with zero attached hydrogens (tertiary/aromatic N) is 2. The first-order valence-electron chi connectivity index (χ1n) is 12.0. The summed E-state index contributed by atoms with van der Waals surface area (Å²) in [4.78, 5) is 0. The minimum Gasteiger partial charge on any atom is -0.398 e. The van der Waals surface area contributed by atoms with Crippen LogP contribution < -0.4 is 16.4 Å². The van der Waals surface area contributed by atoms with Crippen molar-refractivity contribution < 1.29 is 13.2 Å². The van der Waals surface area contributed by atoms with Crippen LogP contribution in [0.2, 0.25) is 0 Å². The van der Waals surface area contributed by atoms with Gasteiger partial charge in [-0.3, -0.25) is 0 Å². The maximum Gasteiger partial charge on any atom is 0.416 e. The molecule has 34 heavy (non-hydrogen) atoms. The van der Waals surface area contributed by atoms with Crippen LogP contribution in [-0.2, 0) is 12.6 Å². The second-order valence-corrected chi connectivity index (χ2v) is 8.30. The van der Waals surface area contributed by atoms with E-state index in [1.165, 1.54) is 12.5 Å². The maximum absolute atomic E-state index is 13.0. The molecule has 1 aromatic carbocycles. The molecule has 5 nitrogen and oxygen atoms in total. The lowest BCUT2D eigenvalue weighted by Gasteiger charge is -2.25. The van der Waals surface area contributed by atoms with Gasteiger partial charge in [-0.15, -0.1) is 23.4 Å². The fraction of sp³-hybridized carbons (Fsp3) is 0.538. The Morgan fingerprint density at radius 2 is 1.85 bits per heavy atom. The van der Waals surface area contributed by atoms with E-state index in [-0.39, 0.29) is 11.7 Å².